The summed E-state index contributed by atoms with van der Waals surface area (Å²) in [7, 11) is 0. The maximum Gasteiger partial charge on any atom is 0.285 e. The standard InChI is InChI=1S/C13H11NOS2/c1-2-8-16-13-14-12(15)11(17-13)9-10-6-4-3-5-7-10/h2-7,9H,1,8H2. The predicted molar refractivity (Wildman–Crippen MR) is 77.1 cm³/mol. The van der Waals surface area contributed by atoms with Crippen LogP contribution in [0.5, 0.6) is 0 Å². The van der Waals surface area contributed by atoms with Crippen LogP contribution in [-0.4, -0.2) is 16.0 Å². The second-order valence-electron chi connectivity index (χ2n) is 3.30. The Labute approximate surface area is 109 Å². The van der Waals surface area contributed by atoms with Gasteiger partial charge in [-0.25, -0.2) is 0 Å². The van der Waals surface area contributed by atoms with E-state index in [0.717, 1.165) is 15.7 Å². The Kier molecular flexibility index (Phi) is 4.23. The monoisotopic (exact) mass is 261 g/mol. The molecule has 0 N–H and O–H groups in total. The summed E-state index contributed by atoms with van der Waals surface area (Å²) in [5, 5.41) is 0. The van der Waals surface area contributed by atoms with Crippen molar-refractivity contribution < 1.29 is 4.79 Å². The Morgan fingerprint density at radius 1 is 1.35 bits per heavy atom. The largest absolute Gasteiger partial charge is 0.285 e. The minimum Gasteiger partial charge on any atom is -0.266 e. The molecule has 1 aliphatic heterocycles. The molecule has 1 amide bonds. The van der Waals surface area contributed by atoms with E-state index in [0.29, 0.717) is 4.91 Å². The molecule has 0 bridgehead atoms. The van der Waals surface area contributed by atoms with Crippen molar-refractivity contribution in [3.63, 3.8) is 0 Å². The third kappa shape index (κ3) is 3.35. The van der Waals surface area contributed by atoms with Crippen molar-refractivity contribution in [3.8, 4) is 0 Å². The van der Waals surface area contributed by atoms with Crippen LogP contribution in [0.3, 0.4) is 0 Å². The van der Waals surface area contributed by atoms with E-state index < -0.39 is 0 Å². The highest BCUT2D eigenvalue weighted by Crippen LogP contribution is 2.33. The second kappa shape index (κ2) is 5.89. The van der Waals surface area contributed by atoms with Crippen LogP contribution < -0.4 is 0 Å². The van der Waals surface area contributed by atoms with Crippen LogP contribution in [0.1, 0.15) is 5.56 Å². The number of amides is 1. The number of rotatable bonds is 3. The van der Waals surface area contributed by atoms with Crippen molar-refractivity contribution in [2.75, 3.05) is 5.75 Å². The smallest absolute Gasteiger partial charge is 0.266 e. The van der Waals surface area contributed by atoms with Crippen LogP contribution in [0, 0.1) is 0 Å². The van der Waals surface area contributed by atoms with Gasteiger partial charge in [-0.3, -0.25) is 4.79 Å². The van der Waals surface area contributed by atoms with E-state index >= 15 is 0 Å². The summed E-state index contributed by atoms with van der Waals surface area (Å²) in [6.07, 6.45) is 3.68. The molecule has 0 unspecified atom stereocenters. The van der Waals surface area contributed by atoms with Gasteiger partial charge in [-0.05, 0) is 11.6 Å². The lowest BCUT2D eigenvalue weighted by Gasteiger charge is -1.95. The molecule has 1 aliphatic rings. The van der Waals surface area contributed by atoms with E-state index in [-0.39, 0.29) is 5.91 Å². The highest BCUT2D eigenvalue weighted by molar-refractivity contribution is 8.41. The van der Waals surface area contributed by atoms with Gasteiger partial charge in [0.05, 0.1) is 4.91 Å². The summed E-state index contributed by atoms with van der Waals surface area (Å²) in [5.41, 5.74) is 1.02. The topological polar surface area (TPSA) is 29.4 Å². The van der Waals surface area contributed by atoms with E-state index in [1.54, 1.807) is 6.08 Å². The van der Waals surface area contributed by atoms with Gasteiger partial charge in [0.2, 0.25) is 0 Å². The van der Waals surface area contributed by atoms with Crippen LogP contribution in [0.15, 0.2) is 52.9 Å². The first-order valence-electron chi connectivity index (χ1n) is 5.11. The van der Waals surface area contributed by atoms with E-state index in [1.165, 1.54) is 23.5 Å². The zero-order valence-corrected chi connectivity index (χ0v) is 10.8. The highest BCUT2D eigenvalue weighted by atomic mass is 32.2. The molecule has 1 aromatic rings. The number of nitrogens with zero attached hydrogens (tertiary/aromatic N) is 1. The first-order valence-corrected chi connectivity index (χ1v) is 6.91. The minimum atomic E-state index is -0.148. The summed E-state index contributed by atoms with van der Waals surface area (Å²) < 4.78 is 0.803. The molecule has 0 fully saturated rings. The fourth-order valence-corrected chi connectivity index (χ4v) is 3.04. The zero-order chi connectivity index (χ0) is 12.1. The predicted octanol–water partition coefficient (Wildman–Crippen LogP) is 3.58. The third-order valence-electron chi connectivity index (χ3n) is 2.02. The van der Waals surface area contributed by atoms with Crippen molar-refractivity contribution in [3.05, 3.63) is 53.5 Å². The average Bonchev–Trinajstić information content (AvgIpc) is 2.69. The van der Waals surface area contributed by atoms with Gasteiger partial charge in [0.15, 0.2) is 0 Å². The number of thioether (sulfide) groups is 2. The zero-order valence-electron chi connectivity index (χ0n) is 9.13. The molecule has 2 nitrogen and oxygen atoms in total. The Morgan fingerprint density at radius 3 is 2.82 bits per heavy atom. The number of benzene rings is 1. The third-order valence-corrected chi connectivity index (χ3v) is 4.15. The normalized spacial score (nSPS) is 17.3. The maximum absolute atomic E-state index is 11.6. The molecule has 0 spiro atoms. The number of hydrogen-bond donors (Lipinski definition) is 0. The van der Waals surface area contributed by atoms with Gasteiger partial charge in [0, 0.05) is 5.75 Å². The lowest BCUT2D eigenvalue weighted by Crippen LogP contribution is -1.87. The van der Waals surface area contributed by atoms with Crippen LogP contribution >= 0.6 is 23.5 Å². The lowest BCUT2D eigenvalue weighted by atomic mass is 10.2. The van der Waals surface area contributed by atoms with Crippen molar-refractivity contribution in [2.24, 2.45) is 4.99 Å². The molecule has 0 saturated heterocycles. The molecular weight excluding hydrogens is 250 g/mol. The molecule has 1 aromatic carbocycles. The molecule has 4 heteroatoms. The van der Waals surface area contributed by atoms with Crippen LogP contribution in [0.25, 0.3) is 6.08 Å². The number of hydrogen-bond acceptors (Lipinski definition) is 3. The molecule has 1 heterocycles. The Bertz CT molecular complexity index is 491. The first-order chi connectivity index (χ1) is 8.29. The van der Waals surface area contributed by atoms with Crippen molar-refractivity contribution in [1.29, 1.82) is 0 Å². The molecule has 86 valence electrons. The molecule has 0 aromatic heterocycles. The van der Waals surface area contributed by atoms with E-state index in [4.69, 9.17) is 0 Å². The Morgan fingerprint density at radius 2 is 2.12 bits per heavy atom. The number of carbonyl (C=O) groups is 1. The summed E-state index contributed by atoms with van der Waals surface area (Å²) in [4.78, 5) is 16.3. The van der Waals surface area contributed by atoms with Crippen LogP contribution in [0.4, 0.5) is 0 Å². The molecule has 0 saturated carbocycles. The van der Waals surface area contributed by atoms with Crippen molar-refractivity contribution in [1.82, 2.24) is 0 Å². The summed E-state index contributed by atoms with van der Waals surface area (Å²) in [6.45, 7) is 3.64. The number of aliphatic imine (C=N–C) groups is 1. The van der Waals surface area contributed by atoms with Gasteiger partial charge in [-0.1, -0.05) is 59.9 Å². The quantitative estimate of drug-likeness (QED) is 0.615. The minimum absolute atomic E-state index is 0.148. The van der Waals surface area contributed by atoms with Crippen molar-refractivity contribution >= 4 is 39.9 Å². The van der Waals surface area contributed by atoms with Crippen molar-refractivity contribution in [2.45, 2.75) is 0 Å². The van der Waals surface area contributed by atoms with Crippen LogP contribution in [-0.2, 0) is 4.79 Å². The fourth-order valence-electron chi connectivity index (χ4n) is 1.28. The molecular formula is C13H11NOS2. The van der Waals surface area contributed by atoms with Gasteiger partial charge >= 0.3 is 0 Å². The Hall–Kier alpha value is -1.26. The molecule has 0 radical (unpaired) electrons. The van der Waals surface area contributed by atoms with Gasteiger partial charge in [0.1, 0.15) is 4.38 Å². The Balaban J connectivity index is 2.09. The van der Waals surface area contributed by atoms with E-state index in [1.807, 2.05) is 36.4 Å². The van der Waals surface area contributed by atoms with Crippen LogP contribution in [0.2, 0.25) is 0 Å². The summed E-state index contributed by atoms with van der Waals surface area (Å²) in [6, 6.07) is 9.79. The molecule has 0 atom stereocenters. The maximum atomic E-state index is 11.6. The van der Waals surface area contributed by atoms with Gasteiger partial charge < -0.3 is 0 Å². The molecule has 0 aliphatic carbocycles. The molecule has 2 rings (SSSR count). The van der Waals surface area contributed by atoms with E-state index in [2.05, 4.69) is 11.6 Å². The second-order valence-corrected chi connectivity index (χ2v) is 5.60. The number of carbonyl (C=O) groups excluding carboxylic acids is 1. The summed E-state index contributed by atoms with van der Waals surface area (Å²) >= 11 is 2.97. The average molecular weight is 261 g/mol. The summed E-state index contributed by atoms with van der Waals surface area (Å²) in [5.74, 6) is 0.628. The van der Waals surface area contributed by atoms with Gasteiger partial charge in [0.25, 0.3) is 5.91 Å². The lowest BCUT2D eigenvalue weighted by molar-refractivity contribution is -0.113. The SMILES string of the molecule is C=CCSC1=NC(=O)C(=Cc2ccccc2)S1. The molecule has 17 heavy (non-hydrogen) atoms. The highest BCUT2D eigenvalue weighted by Gasteiger charge is 2.21. The van der Waals surface area contributed by atoms with E-state index in [9.17, 15) is 4.79 Å². The van der Waals surface area contributed by atoms with Gasteiger partial charge in [-0.2, -0.15) is 4.99 Å². The first kappa shape index (κ1) is 12.2. The fraction of sp³-hybridized carbons (Fsp3) is 0.0769. The van der Waals surface area contributed by atoms with Gasteiger partial charge in [-0.15, -0.1) is 6.58 Å².